The number of nitrogens with one attached hydrogen (secondary N) is 1. The van der Waals surface area contributed by atoms with Crippen LogP contribution in [0.25, 0.3) is 0 Å². The predicted octanol–water partition coefficient (Wildman–Crippen LogP) is 3.96. The van der Waals surface area contributed by atoms with E-state index in [-0.39, 0.29) is 16.8 Å². The topological polar surface area (TPSA) is 68.1 Å². The second kappa shape index (κ2) is 5.83. The summed E-state index contributed by atoms with van der Waals surface area (Å²) >= 11 is 5.98. The van der Waals surface area contributed by atoms with Gasteiger partial charge in [0.05, 0.1) is 27.9 Å². The first-order valence-corrected chi connectivity index (χ1v) is 6.16. The Labute approximate surface area is 119 Å². The molecule has 0 fully saturated rings. The third-order valence-corrected chi connectivity index (χ3v) is 3.07. The van der Waals surface area contributed by atoms with E-state index < -0.39 is 10.7 Å². The van der Waals surface area contributed by atoms with Crippen LogP contribution in [0.4, 0.5) is 15.8 Å². The third kappa shape index (κ3) is 3.21. The van der Waals surface area contributed by atoms with Crippen molar-refractivity contribution < 1.29 is 9.31 Å². The lowest BCUT2D eigenvalue weighted by Crippen LogP contribution is -2.07. The van der Waals surface area contributed by atoms with Crippen molar-refractivity contribution >= 4 is 23.0 Å². The second-order valence-corrected chi connectivity index (χ2v) is 4.63. The van der Waals surface area contributed by atoms with Crippen LogP contribution in [0.3, 0.4) is 0 Å². The fourth-order valence-corrected chi connectivity index (χ4v) is 1.95. The lowest BCUT2D eigenvalue weighted by molar-refractivity contribution is -0.384. The van der Waals surface area contributed by atoms with Crippen LogP contribution in [-0.2, 0) is 0 Å². The number of benzene rings is 1. The number of nitrogens with zero attached hydrogens (tertiary/aromatic N) is 2. The van der Waals surface area contributed by atoms with Crippen molar-refractivity contribution in [2.24, 2.45) is 0 Å². The quantitative estimate of drug-likeness (QED) is 0.685. The normalized spacial score (nSPS) is 11.9. The molecule has 1 unspecified atom stereocenters. The fraction of sp³-hybridized carbons (Fsp3) is 0.154. The van der Waals surface area contributed by atoms with E-state index in [0.717, 1.165) is 6.20 Å². The second-order valence-electron chi connectivity index (χ2n) is 4.22. The average molecular weight is 296 g/mol. The van der Waals surface area contributed by atoms with Gasteiger partial charge < -0.3 is 5.32 Å². The molecule has 1 heterocycles. The molecule has 104 valence electrons. The monoisotopic (exact) mass is 295 g/mol. The summed E-state index contributed by atoms with van der Waals surface area (Å²) in [6, 6.07) is 5.26. The minimum Gasteiger partial charge on any atom is -0.377 e. The standard InChI is InChI=1S/C13H11ClFN3O2/c1-8(9-4-10(15)7-16-6-9)17-13-3-2-11(18(19)20)5-12(13)14/h2-8,17H,1H3. The molecule has 5 nitrogen and oxygen atoms in total. The highest BCUT2D eigenvalue weighted by Crippen LogP contribution is 2.29. The Bertz CT molecular complexity index is 651. The smallest absolute Gasteiger partial charge is 0.271 e. The van der Waals surface area contributed by atoms with E-state index in [0.29, 0.717) is 11.3 Å². The molecule has 0 aliphatic rings. The van der Waals surface area contributed by atoms with Crippen LogP contribution < -0.4 is 5.32 Å². The zero-order valence-electron chi connectivity index (χ0n) is 10.5. The van der Waals surface area contributed by atoms with E-state index in [9.17, 15) is 14.5 Å². The van der Waals surface area contributed by atoms with E-state index in [4.69, 9.17) is 11.6 Å². The van der Waals surface area contributed by atoms with Crippen LogP contribution in [0.5, 0.6) is 0 Å². The number of nitro groups is 1. The van der Waals surface area contributed by atoms with Gasteiger partial charge in [0.25, 0.3) is 5.69 Å². The van der Waals surface area contributed by atoms with Gasteiger partial charge in [0.1, 0.15) is 5.82 Å². The molecule has 2 rings (SSSR count). The van der Waals surface area contributed by atoms with Crippen molar-refractivity contribution in [3.63, 3.8) is 0 Å². The van der Waals surface area contributed by atoms with Gasteiger partial charge >= 0.3 is 0 Å². The zero-order valence-corrected chi connectivity index (χ0v) is 11.3. The predicted molar refractivity (Wildman–Crippen MR) is 74.3 cm³/mol. The molecule has 1 aromatic heterocycles. The van der Waals surface area contributed by atoms with Gasteiger partial charge in [-0.3, -0.25) is 15.1 Å². The molecule has 0 saturated heterocycles. The number of non-ortho nitro benzene ring substituents is 1. The minimum absolute atomic E-state index is 0.0828. The van der Waals surface area contributed by atoms with Crippen molar-refractivity contribution in [1.82, 2.24) is 4.98 Å². The Morgan fingerprint density at radius 1 is 1.40 bits per heavy atom. The zero-order chi connectivity index (χ0) is 14.7. The number of aromatic nitrogens is 1. The summed E-state index contributed by atoms with van der Waals surface area (Å²) < 4.78 is 13.1. The fourth-order valence-electron chi connectivity index (χ4n) is 1.72. The highest BCUT2D eigenvalue weighted by Gasteiger charge is 2.12. The molecule has 0 amide bonds. The number of pyridine rings is 1. The molecule has 0 radical (unpaired) electrons. The molecule has 0 bridgehead atoms. The van der Waals surface area contributed by atoms with Gasteiger partial charge in [0.2, 0.25) is 0 Å². The number of hydrogen-bond donors (Lipinski definition) is 1. The molecule has 20 heavy (non-hydrogen) atoms. The molecular weight excluding hydrogens is 285 g/mol. The van der Waals surface area contributed by atoms with Crippen molar-refractivity contribution in [3.8, 4) is 0 Å². The first-order valence-electron chi connectivity index (χ1n) is 5.78. The number of nitro benzene ring substituents is 1. The summed E-state index contributed by atoms with van der Waals surface area (Å²) in [7, 11) is 0. The summed E-state index contributed by atoms with van der Waals surface area (Å²) in [5, 5.41) is 13.9. The molecule has 7 heteroatoms. The van der Waals surface area contributed by atoms with Gasteiger partial charge in [0.15, 0.2) is 0 Å². The van der Waals surface area contributed by atoms with Crippen LogP contribution in [0.1, 0.15) is 18.5 Å². The van der Waals surface area contributed by atoms with Crippen molar-refractivity contribution in [2.75, 3.05) is 5.32 Å². The van der Waals surface area contributed by atoms with E-state index >= 15 is 0 Å². The number of anilines is 1. The Hall–Kier alpha value is -2.21. The maximum Gasteiger partial charge on any atom is 0.271 e. The lowest BCUT2D eigenvalue weighted by Gasteiger charge is -2.16. The van der Waals surface area contributed by atoms with Gasteiger partial charge in [-0.25, -0.2) is 4.39 Å². The molecule has 1 aromatic carbocycles. The van der Waals surface area contributed by atoms with Crippen LogP contribution in [0, 0.1) is 15.9 Å². The minimum atomic E-state index is -0.518. The molecule has 0 aliphatic carbocycles. The van der Waals surface area contributed by atoms with Crippen molar-refractivity contribution in [1.29, 1.82) is 0 Å². The summed E-state index contributed by atoms with van der Waals surface area (Å²) in [4.78, 5) is 13.9. The molecule has 0 saturated carbocycles. The van der Waals surface area contributed by atoms with Gasteiger partial charge in [0, 0.05) is 18.3 Å². The highest BCUT2D eigenvalue weighted by atomic mass is 35.5. The first kappa shape index (κ1) is 14.2. The summed E-state index contributed by atoms with van der Waals surface area (Å²) in [5.74, 6) is -0.425. The van der Waals surface area contributed by atoms with Gasteiger partial charge in [-0.15, -0.1) is 0 Å². The van der Waals surface area contributed by atoms with Crippen molar-refractivity contribution in [3.05, 3.63) is 63.2 Å². The van der Waals surface area contributed by atoms with Crippen LogP contribution >= 0.6 is 11.6 Å². The number of hydrogen-bond acceptors (Lipinski definition) is 4. The van der Waals surface area contributed by atoms with Gasteiger partial charge in [-0.05, 0) is 24.6 Å². The Balaban J connectivity index is 2.19. The third-order valence-electron chi connectivity index (χ3n) is 2.76. The largest absolute Gasteiger partial charge is 0.377 e. The van der Waals surface area contributed by atoms with E-state index in [1.807, 2.05) is 6.92 Å². The maximum absolute atomic E-state index is 13.1. The highest BCUT2D eigenvalue weighted by molar-refractivity contribution is 6.33. The molecule has 2 aromatic rings. The molecule has 1 N–H and O–H groups in total. The Morgan fingerprint density at radius 3 is 2.75 bits per heavy atom. The molecule has 0 aliphatic heterocycles. The van der Waals surface area contributed by atoms with Crippen LogP contribution in [0.2, 0.25) is 5.02 Å². The molecule has 0 spiro atoms. The first-order chi connectivity index (χ1) is 9.47. The van der Waals surface area contributed by atoms with Gasteiger partial charge in [-0.1, -0.05) is 11.6 Å². The SMILES string of the molecule is CC(Nc1ccc([N+](=O)[O-])cc1Cl)c1cncc(F)c1. The van der Waals surface area contributed by atoms with Crippen LogP contribution in [0.15, 0.2) is 36.7 Å². The Kier molecular flexibility index (Phi) is 4.14. The summed E-state index contributed by atoms with van der Waals surface area (Å²) in [5.41, 5.74) is 1.11. The Morgan fingerprint density at radius 2 is 2.15 bits per heavy atom. The van der Waals surface area contributed by atoms with Gasteiger partial charge in [-0.2, -0.15) is 0 Å². The maximum atomic E-state index is 13.1. The number of rotatable bonds is 4. The average Bonchev–Trinajstić information content (AvgIpc) is 2.40. The summed E-state index contributed by atoms with van der Waals surface area (Å²) in [6.07, 6.45) is 2.66. The van der Waals surface area contributed by atoms with Crippen LogP contribution in [-0.4, -0.2) is 9.91 Å². The molecule has 1 atom stereocenters. The summed E-state index contributed by atoms with van der Waals surface area (Å²) in [6.45, 7) is 1.81. The van der Waals surface area contributed by atoms with E-state index in [1.165, 1.54) is 24.3 Å². The van der Waals surface area contributed by atoms with Crippen molar-refractivity contribution in [2.45, 2.75) is 13.0 Å². The lowest BCUT2D eigenvalue weighted by atomic mass is 10.1. The van der Waals surface area contributed by atoms with E-state index in [1.54, 1.807) is 6.20 Å². The number of halogens is 2. The molecular formula is C13H11ClFN3O2. The van der Waals surface area contributed by atoms with E-state index in [2.05, 4.69) is 10.3 Å².